The van der Waals surface area contributed by atoms with Crippen LogP contribution in [0.5, 0.6) is 0 Å². The molecular formula is C13H19NO2S. The summed E-state index contributed by atoms with van der Waals surface area (Å²) >= 11 is 0. The summed E-state index contributed by atoms with van der Waals surface area (Å²) in [5.74, 6) is 0.179. The van der Waals surface area contributed by atoms with Gasteiger partial charge >= 0.3 is 0 Å². The first-order valence-corrected chi connectivity index (χ1v) is 7.77. The van der Waals surface area contributed by atoms with Gasteiger partial charge in [0, 0.05) is 0 Å². The minimum absolute atomic E-state index is 0.162. The summed E-state index contributed by atoms with van der Waals surface area (Å²) in [7, 11) is -2.99. The number of rotatable bonds is 3. The number of nitrogens with one attached hydrogen (secondary N) is 1. The lowest BCUT2D eigenvalue weighted by Crippen LogP contribution is -2.36. The van der Waals surface area contributed by atoms with Crippen molar-refractivity contribution in [3.63, 3.8) is 0 Å². The maximum Gasteiger partial charge on any atom is 0.157 e. The fourth-order valence-corrected chi connectivity index (χ4v) is 4.04. The highest BCUT2D eigenvalue weighted by Gasteiger charge is 2.27. The Hall–Kier alpha value is -0.870. The molecule has 0 amide bonds. The van der Waals surface area contributed by atoms with Gasteiger partial charge in [-0.1, -0.05) is 29.8 Å². The van der Waals surface area contributed by atoms with E-state index >= 15 is 0 Å². The van der Waals surface area contributed by atoms with E-state index in [1.807, 2.05) is 31.2 Å². The Balaban J connectivity index is 2.08. The van der Waals surface area contributed by atoms with E-state index < -0.39 is 9.84 Å². The molecule has 1 fully saturated rings. The second-order valence-electron chi connectivity index (χ2n) is 4.74. The third-order valence-corrected chi connectivity index (χ3v) is 5.51. The van der Waals surface area contributed by atoms with Gasteiger partial charge < -0.3 is 5.32 Å². The Labute approximate surface area is 103 Å². The van der Waals surface area contributed by atoms with Crippen molar-refractivity contribution < 1.29 is 8.42 Å². The second kappa shape index (κ2) is 5.19. The third-order valence-electron chi connectivity index (χ3n) is 3.28. The predicted octanol–water partition coefficient (Wildman–Crippen LogP) is 1.66. The topological polar surface area (TPSA) is 46.2 Å². The Morgan fingerprint density at radius 1 is 1.18 bits per heavy atom. The summed E-state index contributed by atoms with van der Waals surface area (Å²) in [5, 5.41) is 3.03. The van der Waals surface area contributed by atoms with Gasteiger partial charge in [-0.25, -0.2) is 8.42 Å². The van der Waals surface area contributed by atoms with Crippen molar-refractivity contribution in [1.82, 2.24) is 5.32 Å². The van der Waals surface area contributed by atoms with E-state index in [-0.39, 0.29) is 11.0 Å². The van der Waals surface area contributed by atoms with Crippen molar-refractivity contribution in [2.75, 3.05) is 13.1 Å². The molecule has 94 valence electrons. The summed E-state index contributed by atoms with van der Waals surface area (Å²) in [6, 6.07) is 7.75. The first kappa shape index (κ1) is 12.6. The SMILES string of the molecule is Cc1ccc(CS(=O)(=O)C2CCNCC2)cc1. The molecule has 0 radical (unpaired) electrons. The van der Waals surface area contributed by atoms with Crippen LogP contribution in [0.3, 0.4) is 0 Å². The molecule has 1 aromatic rings. The lowest BCUT2D eigenvalue weighted by molar-refractivity contribution is 0.496. The number of sulfone groups is 1. The van der Waals surface area contributed by atoms with Crippen LogP contribution in [0.2, 0.25) is 0 Å². The molecule has 1 saturated heterocycles. The number of benzene rings is 1. The van der Waals surface area contributed by atoms with Gasteiger partial charge in [-0.05, 0) is 38.4 Å². The van der Waals surface area contributed by atoms with Crippen LogP contribution in [-0.2, 0) is 15.6 Å². The largest absolute Gasteiger partial charge is 0.317 e. The molecule has 1 aromatic carbocycles. The van der Waals surface area contributed by atoms with Gasteiger partial charge in [-0.15, -0.1) is 0 Å². The van der Waals surface area contributed by atoms with E-state index in [9.17, 15) is 8.42 Å². The monoisotopic (exact) mass is 253 g/mol. The number of piperidine rings is 1. The smallest absolute Gasteiger partial charge is 0.157 e. The fraction of sp³-hybridized carbons (Fsp3) is 0.538. The lowest BCUT2D eigenvalue weighted by atomic mass is 10.2. The first-order chi connectivity index (χ1) is 8.08. The van der Waals surface area contributed by atoms with Crippen LogP contribution in [-0.4, -0.2) is 26.8 Å². The zero-order chi connectivity index (χ0) is 12.3. The van der Waals surface area contributed by atoms with E-state index in [0.29, 0.717) is 0 Å². The van der Waals surface area contributed by atoms with Crippen LogP contribution in [0.4, 0.5) is 0 Å². The highest BCUT2D eigenvalue weighted by atomic mass is 32.2. The molecule has 1 heterocycles. The molecule has 1 aliphatic heterocycles. The Kier molecular flexibility index (Phi) is 3.84. The normalized spacial score (nSPS) is 18.2. The van der Waals surface area contributed by atoms with E-state index in [4.69, 9.17) is 0 Å². The zero-order valence-corrected chi connectivity index (χ0v) is 11.0. The molecule has 4 heteroatoms. The van der Waals surface area contributed by atoms with Crippen molar-refractivity contribution in [1.29, 1.82) is 0 Å². The average molecular weight is 253 g/mol. The third kappa shape index (κ3) is 3.30. The minimum atomic E-state index is -2.99. The second-order valence-corrected chi connectivity index (χ2v) is 7.02. The molecule has 0 aliphatic carbocycles. The number of aryl methyl sites for hydroxylation is 1. The highest BCUT2D eigenvalue weighted by Crippen LogP contribution is 2.18. The van der Waals surface area contributed by atoms with Gasteiger partial charge in [0.05, 0.1) is 11.0 Å². The van der Waals surface area contributed by atoms with Crippen molar-refractivity contribution >= 4 is 9.84 Å². The van der Waals surface area contributed by atoms with Crippen molar-refractivity contribution in [2.24, 2.45) is 0 Å². The summed E-state index contributed by atoms with van der Waals surface area (Å²) < 4.78 is 24.4. The molecule has 0 saturated carbocycles. The van der Waals surface area contributed by atoms with Crippen LogP contribution in [0.25, 0.3) is 0 Å². The summed E-state index contributed by atoms with van der Waals surface area (Å²) in [4.78, 5) is 0. The zero-order valence-electron chi connectivity index (χ0n) is 10.1. The average Bonchev–Trinajstić information content (AvgIpc) is 2.33. The molecule has 0 spiro atoms. The Bertz CT molecular complexity index is 459. The molecule has 0 unspecified atom stereocenters. The van der Waals surface area contributed by atoms with Crippen LogP contribution in [0.1, 0.15) is 24.0 Å². The van der Waals surface area contributed by atoms with Crippen molar-refractivity contribution in [2.45, 2.75) is 30.8 Å². The van der Waals surface area contributed by atoms with Crippen LogP contribution >= 0.6 is 0 Å². The molecule has 2 rings (SSSR count). The molecule has 0 aromatic heterocycles. The van der Waals surface area contributed by atoms with E-state index in [0.717, 1.165) is 37.1 Å². The molecule has 3 nitrogen and oxygen atoms in total. The summed E-state index contributed by atoms with van der Waals surface area (Å²) in [6.07, 6.45) is 1.49. The highest BCUT2D eigenvalue weighted by molar-refractivity contribution is 7.91. The maximum atomic E-state index is 12.2. The Morgan fingerprint density at radius 3 is 2.35 bits per heavy atom. The fourth-order valence-electron chi connectivity index (χ4n) is 2.19. The van der Waals surface area contributed by atoms with Crippen molar-refractivity contribution in [3.8, 4) is 0 Å². The number of hydrogen-bond donors (Lipinski definition) is 1. The molecule has 1 N–H and O–H groups in total. The van der Waals surface area contributed by atoms with Gasteiger partial charge in [-0.2, -0.15) is 0 Å². The Morgan fingerprint density at radius 2 is 1.76 bits per heavy atom. The van der Waals surface area contributed by atoms with Crippen LogP contribution in [0, 0.1) is 6.92 Å². The van der Waals surface area contributed by atoms with Gasteiger partial charge in [0.2, 0.25) is 0 Å². The lowest BCUT2D eigenvalue weighted by Gasteiger charge is -2.22. The molecule has 1 aliphatic rings. The standard InChI is InChI=1S/C13H19NO2S/c1-11-2-4-12(5-3-11)10-17(15,16)13-6-8-14-9-7-13/h2-5,13-14H,6-10H2,1H3. The van der Waals surface area contributed by atoms with Gasteiger partial charge in [-0.3, -0.25) is 0 Å². The molecule has 0 atom stereocenters. The maximum absolute atomic E-state index is 12.2. The van der Waals surface area contributed by atoms with Crippen molar-refractivity contribution in [3.05, 3.63) is 35.4 Å². The van der Waals surface area contributed by atoms with E-state index in [1.165, 1.54) is 0 Å². The molecular weight excluding hydrogens is 234 g/mol. The van der Waals surface area contributed by atoms with E-state index in [1.54, 1.807) is 0 Å². The van der Waals surface area contributed by atoms with Gasteiger partial charge in [0.1, 0.15) is 0 Å². The van der Waals surface area contributed by atoms with Gasteiger partial charge in [0.15, 0.2) is 9.84 Å². The summed E-state index contributed by atoms with van der Waals surface area (Å²) in [5.41, 5.74) is 2.06. The minimum Gasteiger partial charge on any atom is -0.317 e. The van der Waals surface area contributed by atoms with Crippen LogP contribution in [0.15, 0.2) is 24.3 Å². The van der Waals surface area contributed by atoms with E-state index in [2.05, 4.69) is 5.32 Å². The predicted molar refractivity (Wildman–Crippen MR) is 69.7 cm³/mol. The van der Waals surface area contributed by atoms with Crippen LogP contribution < -0.4 is 5.32 Å². The quantitative estimate of drug-likeness (QED) is 0.891. The summed E-state index contributed by atoms with van der Waals surface area (Å²) in [6.45, 7) is 3.64. The molecule has 17 heavy (non-hydrogen) atoms. The molecule has 0 bridgehead atoms. The first-order valence-electron chi connectivity index (χ1n) is 6.06. The van der Waals surface area contributed by atoms with Gasteiger partial charge in [0.25, 0.3) is 0 Å². The number of hydrogen-bond acceptors (Lipinski definition) is 3.